The molecule has 22 heavy (non-hydrogen) atoms. The summed E-state index contributed by atoms with van der Waals surface area (Å²) in [6, 6.07) is 0. The van der Waals surface area contributed by atoms with Crippen molar-refractivity contribution in [3.63, 3.8) is 0 Å². The van der Waals surface area contributed by atoms with Gasteiger partial charge in [0, 0.05) is 18.8 Å². The van der Waals surface area contributed by atoms with Crippen LogP contribution in [0.5, 0.6) is 0 Å². The summed E-state index contributed by atoms with van der Waals surface area (Å²) >= 11 is 0. The van der Waals surface area contributed by atoms with Crippen LogP contribution >= 0.6 is 0 Å². The standard InChI is InChI=1S/C20H36N2/c1-2-3-4-5-6-7-8-9-10-11-12-13-14-15-16-17-20-21-18-19-22-20/h9-10,18-19H,2-8,11-17H2,1H3,(H,21,22)/b10-9+. The lowest BCUT2D eigenvalue weighted by molar-refractivity contribution is 0.607. The average molecular weight is 305 g/mol. The van der Waals surface area contributed by atoms with Crippen LogP contribution in [0.3, 0.4) is 0 Å². The van der Waals surface area contributed by atoms with E-state index >= 15 is 0 Å². The highest BCUT2D eigenvalue weighted by Gasteiger charge is 1.95. The van der Waals surface area contributed by atoms with Crippen molar-refractivity contribution in [1.82, 2.24) is 9.97 Å². The van der Waals surface area contributed by atoms with Gasteiger partial charge in [-0.15, -0.1) is 0 Å². The fourth-order valence-electron chi connectivity index (χ4n) is 2.80. The van der Waals surface area contributed by atoms with Gasteiger partial charge in [0.25, 0.3) is 0 Å². The number of nitrogens with zero attached hydrogens (tertiary/aromatic N) is 1. The molecule has 1 N–H and O–H groups in total. The summed E-state index contributed by atoms with van der Waals surface area (Å²) in [6.07, 6.45) is 27.3. The minimum absolute atomic E-state index is 1.10. The first-order valence-electron chi connectivity index (χ1n) is 9.56. The van der Waals surface area contributed by atoms with Crippen LogP contribution in [0.4, 0.5) is 0 Å². The highest BCUT2D eigenvalue weighted by atomic mass is 14.9. The van der Waals surface area contributed by atoms with Crippen molar-refractivity contribution in [3.05, 3.63) is 30.4 Å². The van der Waals surface area contributed by atoms with Crippen molar-refractivity contribution < 1.29 is 0 Å². The van der Waals surface area contributed by atoms with Gasteiger partial charge in [0.05, 0.1) is 0 Å². The molecule has 0 amide bonds. The SMILES string of the molecule is CCCCCCCC/C=C/CCCCCCCc1ncc[nH]1. The molecule has 126 valence electrons. The van der Waals surface area contributed by atoms with Gasteiger partial charge >= 0.3 is 0 Å². The molecule has 0 aliphatic heterocycles. The number of H-pyrrole nitrogens is 1. The van der Waals surface area contributed by atoms with E-state index in [1.807, 2.05) is 12.4 Å². The van der Waals surface area contributed by atoms with Crippen molar-refractivity contribution in [2.45, 2.75) is 96.8 Å². The van der Waals surface area contributed by atoms with Gasteiger partial charge in [0.15, 0.2) is 0 Å². The molecule has 1 rings (SSSR count). The van der Waals surface area contributed by atoms with Crippen LogP contribution in [0.1, 0.15) is 96.2 Å². The molecule has 0 fully saturated rings. The molecule has 0 unspecified atom stereocenters. The Morgan fingerprint density at radius 1 is 0.818 bits per heavy atom. The second-order valence-electron chi connectivity index (χ2n) is 6.37. The fraction of sp³-hybridized carbons (Fsp3) is 0.750. The molecule has 1 aromatic rings. The molecular weight excluding hydrogens is 268 g/mol. The number of nitrogens with one attached hydrogen (secondary N) is 1. The largest absolute Gasteiger partial charge is 0.349 e. The van der Waals surface area contributed by atoms with E-state index in [4.69, 9.17) is 0 Å². The van der Waals surface area contributed by atoms with Crippen molar-refractivity contribution in [1.29, 1.82) is 0 Å². The zero-order chi connectivity index (χ0) is 15.7. The van der Waals surface area contributed by atoms with E-state index < -0.39 is 0 Å². The topological polar surface area (TPSA) is 28.7 Å². The van der Waals surface area contributed by atoms with Crippen molar-refractivity contribution in [2.24, 2.45) is 0 Å². The average Bonchev–Trinajstić information content (AvgIpc) is 3.04. The van der Waals surface area contributed by atoms with Crippen LogP contribution in [-0.2, 0) is 6.42 Å². The fourth-order valence-corrected chi connectivity index (χ4v) is 2.80. The summed E-state index contributed by atoms with van der Waals surface area (Å²) in [5.41, 5.74) is 0. The van der Waals surface area contributed by atoms with Gasteiger partial charge in [0.2, 0.25) is 0 Å². The Bertz CT molecular complexity index is 341. The summed E-state index contributed by atoms with van der Waals surface area (Å²) in [6.45, 7) is 2.28. The van der Waals surface area contributed by atoms with Crippen LogP contribution in [0.25, 0.3) is 0 Å². The van der Waals surface area contributed by atoms with E-state index in [1.54, 1.807) is 0 Å². The number of aromatic nitrogens is 2. The lowest BCUT2D eigenvalue weighted by atomic mass is 10.1. The lowest BCUT2D eigenvalue weighted by Crippen LogP contribution is -1.88. The highest BCUT2D eigenvalue weighted by molar-refractivity contribution is 4.86. The summed E-state index contributed by atoms with van der Waals surface area (Å²) in [5.74, 6) is 1.14. The number of allylic oxidation sites excluding steroid dienone is 2. The third-order valence-electron chi connectivity index (χ3n) is 4.23. The quantitative estimate of drug-likeness (QED) is 0.287. The molecule has 2 nitrogen and oxygen atoms in total. The van der Waals surface area contributed by atoms with Crippen LogP contribution in [-0.4, -0.2) is 9.97 Å². The maximum atomic E-state index is 4.25. The lowest BCUT2D eigenvalue weighted by Gasteiger charge is -1.99. The summed E-state index contributed by atoms with van der Waals surface area (Å²) < 4.78 is 0. The van der Waals surface area contributed by atoms with E-state index in [0.717, 1.165) is 12.2 Å². The number of hydrogen-bond acceptors (Lipinski definition) is 1. The number of imidazole rings is 1. The Morgan fingerprint density at radius 3 is 2.00 bits per heavy atom. The molecule has 0 radical (unpaired) electrons. The third-order valence-corrected chi connectivity index (χ3v) is 4.23. The molecule has 0 aromatic carbocycles. The predicted octanol–water partition coefficient (Wildman–Crippen LogP) is 6.60. The first kappa shape index (κ1) is 19.0. The molecular formula is C20H36N2. The smallest absolute Gasteiger partial charge is 0.105 e. The van der Waals surface area contributed by atoms with Crippen LogP contribution in [0.15, 0.2) is 24.5 Å². The zero-order valence-electron chi connectivity index (χ0n) is 14.7. The van der Waals surface area contributed by atoms with Crippen LogP contribution in [0.2, 0.25) is 0 Å². The predicted molar refractivity (Wildman–Crippen MR) is 97.1 cm³/mol. The first-order valence-corrected chi connectivity index (χ1v) is 9.56. The second kappa shape index (κ2) is 14.9. The van der Waals surface area contributed by atoms with Crippen LogP contribution in [0, 0.1) is 0 Å². The molecule has 1 aromatic heterocycles. The van der Waals surface area contributed by atoms with E-state index in [2.05, 4.69) is 29.0 Å². The van der Waals surface area contributed by atoms with Crippen molar-refractivity contribution in [2.75, 3.05) is 0 Å². The van der Waals surface area contributed by atoms with Gasteiger partial charge in [-0.05, 0) is 32.1 Å². The molecule has 0 aliphatic rings. The third kappa shape index (κ3) is 11.6. The van der Waals surface area contributed by atoms with E-state index in [9.17, 15) is 0 Å². The molecule has 0 spiro atoms. The number of aromatic amines is 1. The Labute approximate surface area is 137 Å². The Hall–Kier alpha value is -1.05. The molecule has 0 saturated carbocycles. The van der Waals surface area contributed by atoms with Gasteiger partial charge in [-0.1, -0.05) is 70.4 Å². The van der Waals surface area contributed by atoms with E-state index in [0.29, 0.717) is 0 Å². The molecule has 0 aliphatic carbocycles. The van der Waals surface area contributed by atoms with Gasteiger partial charge in [-0.25, -0.2) is 4.98 Å². The van der Waals surface area contributed by atoms with Gasteiger partial charge in [0.1, 0.15) is 5.82 Å². The number of aryl methyl sites for hydroxylation is 1. The van der Waals surface area contributed by atoms with Gasteiger partial charge in [-0.3, -0.25) is 0 Å². The Balaban J connectivity index is 1.74. The summed E-state index contributed by atoms with van der Waals surface area (Å²) in [5, 5.41) is 0. The molecule has 0 saturated heterocycles. The van der Waals surface area contributed by atoms with Crippen LogP contribution < -0.4 is 0 Å². The van der Waals surface area contributed by atoms with E-state index in [-0.39, 0.29) is 0 Å². The number of rotatable bonds is 15. The molecule has 2 heteroatoms. The maximum Gasteiger partial charge on any atom is 0.105 e. The molecule has 0 bridgehead atoms. The van der Waals surface area contributed by atoms with Gasteiger partial charge in [-0.2, -0.15) is 0 Å². The summed E-state index contributed by atoms with van der Waals surface area (Å²) in [4.78, 5) is 7.42. The van der Waals surface area contributed by atoms with Crippen molar-refractivity contribution in [3.8, 4) is 0 Å². The summed E-state index contributed by atoms with van der Waals surface area (Å²) in [7, 11) is 0. The number of unbranched alkanes of at least 4 members (excludes halogenated alkanes) is 11. The normalized spacial score (nSPS) is 11.5. The monoisotopic (exact) mass is 304 g/mol. The second-order valence-corrected chi connectivity index (χ2v) is 6.37. The Kier molecular flexibility index (Phi) is 12.8. The van der Waals surface area contributed by atoms with Gasteiger partial charge < -0.3 is 4.98 Å². The van der Waals surface area contributed by atoms with E-state index in [1.165, 1.54) is 83.5 Å². The number of hydrogen-bond donors (Lipinski definition) is 1. The minimum atomic E-state index is 1.10. The highest BCUT2D eigenvalue weighted by Crippen LogP contribution is 2.10. The molecule has 0 atom stereocenters. The first-order chi connectivity index (χ1) is 10.9. The Morgan fingerprint density at radius 2 is 1.41 bits per heavy atom. The molecule has 1 heterocycles. The van der Waals surface area contributed by atoms with Crippen molar-refractivity contribution >= 4 is 0 Å². The maximum absolute atomic E-state index is 4.25. The zero-order valence-corrected chi connectivity index (χ0v) is 14.7. The minimum Gasteiger partial charge on any atom is -0.349 e.